The molecule has 0 aromatic rings. The molecule has 0 saturated carbocycles. The lowest BCUT2D eigenvalue weighted by atomic mass is 10.7. The van der Waals surface area contributed by atoms with Crippen molar-refractivity contribution < 1.29 is 19.1 Å². The molecule has 4 nitrogen and oxygen atoms in total. The number of hydrogen-bond acceptors (Lipinski definition) is 4. The van der Waals surface area contributed by atoms with Crippen LogP contribution < -0.4 is 0 Å². The highest BCUT2D eigenvalue weighted by Gasteiger charge is 1.97. The molecule has 0 heterocycles. The summed E-state index contributed by atoms with van der Waals surface area (Å²) in [6.07, 6.45) is 1.47. The molecule has 0 fully saturated rings. The molecule has 0 amide bonds. The quantitative estimate of drug-likeness (QED) is 0.373. The summed E-state index contributed by atoms with van der Waals surface area (Å²) in [7, 11) is 1.25. The molecular weight excluding hydrogens is 124 g/mol. The number of carbonyl (C=O) groups excluding carboxylic acids is 2. The molecular formula is C5H7O4. The van der Waals surface area contributed by atoms with Crippen molar-refractivity contribution in [2.24, 2.45) is 0 Å². The average molecular weight is 131 g/mol. The third-order valence-corrected chi connectivity index (χ3v) is 0.609. The fourth-order valence-corrected chi connectivity index (χ4v) is 0.235. The fourth-order valence-electron chi connectivity index (χ4n) is 0.235. The van der Waals surface area contributed by atoms with Crippen LogP contribution in [0.15, 0.2) is 0 Å². The van der Waals surface area contributed by atoms with E-state index in [9.17, 15) is 9.59 Å². The lowest BCUT2D eigenvalue weighted by Gasteiger charge is -1.95. The first-order valence-corrected chi connectivity index (χ1v) is 2.31. The summed E-state index contributed by atoms with van der Waals surface area (Å²) in [5.74, 6) is -0.495. The minimum atomic E-state index is -0.495. The van der Waals surface area contributed by atoms with Crippen LogP contribution in [0.1, 0.15) is 0 Å². The predicted molar refractivity (Wildman–Crippen MR) is 28.5 cm³/mol. The van der Waals surface area contributed by atoms with E-state index in [1.54, 1.807) is 0 Å². The van der Waals surface area contributed by atoms with E-state index in [2.05, 4.69) is 9.47 Å². The highest BCUT2D eigenvalue weighted by atomic mass is 16.6. The Morgan fingerprint density at radius 3 is 2.78 bits per heavy atom. The van der Waals surface area contributed by atoms with E-state index < -0.39 is 5.97 Å². The van der Waals surface area contributed by atoms with Gasteiger partial charge in [-0.25, -0.2) is 4.79 Å². The highest BCUT2D eigenvalue weighted by molar-refractivity contribution is 5.70. The monoisotopic (exact) mass is 131 g/mol. The van der Waals surface area contributed by atoms with Crippen molar-refractivity contribution in [2.75, 3.05) is 20.3 Å². The lowest BCUT2D eigenvalue weighted by Crippen LogP contribution is -2.10. The molecule has 51 valence electrons. The molecule has 0 aliphatic carbocycles. The van der Waals surface area contributed by atoms with Crippen LogP contribution in [0.3, 0.4) is 0 Å². The summed E-state index contributed by atoms with van der Waals surface area (Å²) >= 11 is 0. The fraction of sp³-hybridized carbons (Fsp3) is 0.600. The van der Waals surface area contributed by atoms with Crippen molar-refractivity contribution in [3.8, 4) is 0 Å². The van der Waals surface area contributed by atoms with Crippen molar-refractivity contribution in [3.63, 3.8) is 0 Å². The van der Waals surface area contributed by atoms with E-state index in [1.807, 2.05) is 0 Å². The van der Waals surface area contributed by atoms with Crippen molar-refractivity contribution in [1.29, 1.82) is 0 Å². The molecule has 4 heteroatoms. The maximum absolute atomic E-state index is 10.2. The second kappa shape index (κ2) is 5.24. The average Bonchev–Trinajstić information content (AvgIpc) is 1.89. The molecule has 1 radical (unpaired) electrons. The molecule has 0 bridgehead atoms. The van der Waals surface area contributed by atoms with Crippen molar-refractivity contribution in [1.82, 2.24) is 0 Å². The van der Waals surface area contributed by atoms with Gasteiger partial charge in [-0.2, -0.15) is 0 Å². The van der Waals surface area contributed by atoms with Crippen LogP contribution in [0.2, 0.25) is 0 Å². The second-order valence-electron chi connectivity index (χ2n) is 1.21. The Kier molecular flexibility index (Phi) is 4.72. The molecule has 0 atom stereocenters. The summed E-state index contributed by atoms with van der Waals surface area (Å²) < 4.78 is 8.64. The molecule has 0 saturated heterocycles. The number of hydrogen-bond donors (Lipinski definition) is 0. The topological polar surface area (TPSA) is 52.6 Å². The van der Waals surface area contributed by atoms with E-state index in [0.29, 0.717) is 0 Å². The smallest absolute Gasteiger partial charge is 0.331 e. The Morgan fingerprint density at radius 2 is 2.33 bits per heavy atom. The van der Waals surface area contributed by atoms with Gasteiger partial charge < -0.3 is 9.47 Å². The SMILES string of the molecule is COC(=O)COC[C]=O. The Hall–Kier alpha value is -0.900. The van der Waals surface area contributed by atoms with Gasteiger partial charge in [0.05, 0.1) is 7.11 Å². The summed E-state index contributed by atoms with van der Waals surface area (Å²) in [6.45, 7) is -0.374. The molecule has 0 aromatic heterocycles. The van der Waals surface area contributed by atoms with Gasteiger partial charge >= 0.3 is 5.97 Å². The predicted octanol–water partition coefficient (Wildman–Crippen LogP) is -0.714. The standard InChI is InChI=1S/C5H7O4/c1-8-5(7)4-9-3-2-6/h3-4H2,1H3. The van der Waals surface area contributed by atoms with Gasteiger partial charge in [-0.3, -0.25) is 4.79 Å². The Labute approximate surface area is 52.7 Å². The van der Waals surface area contributed by atoms with E-state index >= 15 is 0 Å². The van der Waals surface area contributed by atoms with Gasteiger partial charge in [0.1, 0.15) is 13.2 Å². The number of carbonyl (C=O) groups is 1. The van der Waals surface area contributed by atoms with Gasteiger partial charge in [-0.1, -0.05) is 0 Å². The van der Waals surface area contributed by atoms with Gasteiger partial charge in [0.15, 0.2) is 0 Å². The highest BCUT2D eigenvalue weighted by Crippen LogP contribution is 1.74. The molecule has 0 unspecified atom stereocenters. The zero-order chi connectivity index (χ0) is 7.11. The maximum atomic E-state index is 10.2. The lowest BCUT2D eigenvalue weighted by molar-refractivity contribution is -0.145. The van der Waals surface area contributed by atoms with Crippen LogP contribution in [0, 0.1) is 0 Å². The molecule has 0 aliphatic heterocycles. The summed E-state index contributed by atoms with van der Waals surface area (Å²) in [5.41, 5.74) is 0. The Balaban J connectivity index is 3.06. The van der Waals surface area contributed by atoms with Crippen molar-refractivity contribution >= 4 is 12.3 Å². The number of methoxy groups -OCH3 is 1. The van der Waals surface area contributed by atoms with Crippen LogP contribution in [-0.2, 0) is 19.1 Å². The Morgan fingerprint density at radius 1 is 1.67 bits per heavy atom. The molecule has 9 heavy (non-hydrogen) atoms. The van der Waals surface area contributed by atoms with Gasteiger partial charge in [-0.15, -0.1) is 0 Å². The number of rotatable bonds is 4. The minimum Gasteiger partial charge on any atom is -0.467 e. The van der Waals surface area contributed by atoms with Crippen molar-refractivity contribution in [2.45, 2.75) is 0 Å². The first kappa shape index (κ1) is 8.10. The third-order valence-electron chi connectivity index (χ3n) is 0.609. The Bertz CT molecular complexity index is 99.1. The molecule has 0 aliphatic rings. The first-order valence-electron chi connectivity index (χ1n) is 2.31. The normalized spacial score (nSPS) is 8.56. The van der Waals surface area contributed by atoms with E-state index in [4.69, 9.17) is 0 Å². The maximum Gasteiger partial charge on any atom is 0.331 e. The minimum absolute atomic E-state index is 0.185. The van der Waals surface area contributed by atoms with Crippen LogP contribution in [0.25, 0.3) is 0 Å². The third kappa shape index (κ3) is 4.96. The molecule has 0 N–H and O–H groups in total. The zero-order valence-electron chi connectivity index (χ0n) is 5.05. The summed E-state index contributed by atoms with van der Waals surface area (Å²) in [5, 5.41) is 0. The summed E-state index contributed by atoms with van der Waals surface area (Å²) in [4.78, 5) is 19.7. The summed E-state index contributed by atoms with van der Waals surface area (Å²) in [6, 6.07) is 0. The number of ether oxygens (including phenoxy) is 2. The molecule has 0 spiro atoms. The van der Waals surface area contributed by atoms with Crippen LogP contribution in [0.4, 0.5) is 0 Å². The van der Waals surface area contributed by atoms with Gasteiger partial charge in [0.2, 0.25) is 6.29 Å². The first-order chi connectivity index (χ1) is 4.31. The number of esters is 1. The van der Waals surface area contributed by atoms with Crippen molar-refractivity contribution in [3.05, 3.63) is 0 Å². The van der Waals surface area contributed by atoms with Crippen LogP contribution in [-0.4, -0.2) is 32.6 Å². The van der Waals surface area contributed by atoms with E-state index in [1.165, 1.54) is 13.4 Å². The van der Waals surface area contributed by atoms with Gasteiger partial charge in [-0.05, 0) is 0 Å². The van der Waals surface area contributed by atoms with Gasteiger partial charge in [0, 0.05) is 0 Å². The van der Waals surface area contributed by atoms with Gasteiger partial charge in [0.25, 0.3) is 0 Å². The second-order valence-corrected chi connectivity index (χ2v) is 1.21. The molecule has 0 rings (SSSR count). The zero-order valence-corrected chi connectivity index (χ0v) is 5.05. The molecule has 0 aromatic carbocycles. The van der Waals surface area contributed by atoms with E-state index in [0.717, 1.165) is 0 Å². The van der Waals surface area contributed by atoms with Crippen LogP contribution in [0.5, 0.6) is 0 Å². The largest absolute Gasteiger partial charge is 0.467 e. The van der Waals surface area contributed by atoms with E-state index in [-0.39, 0.29) is 13.2 Å². The van der Waals surface area contributed by atoms with Crippen LogP contribution >= 0.6 is 0 Å².